The zero-order valence-electron chi connectivity index (χ0n) is 9.78. The van der Waals surface area contributed by atoms with E-state index in [0.29, 0.717) is 24.6 Å². The summed E-state index contributed by atoms with van der Waals surface area (Å²) in [6.45, 7) is 3.03. The molecule has 0 radical (unpaired) electrons. The smallest absolute Gasteiger partial charge is 0.251 e. The third-order valence-corrected chi connectivity index (χ3v) is 2.24. The molecule has 1 N–H and O–H groups in total. The van der Waals surface area contributed by atoms with Gasteiger partial charge in [0.25, 0.3) is 5.91 Å². The zero-order valence-corrected chi connectivity index (χ0v) is 10.5. The second kappa shape index (κ2) is 7.74. The molecule has 0 aliphatic carbocycles. The quantitative estimate of drug-likeness (QED) is 0.625. The number of alkyl halides is 1. The minimum Gasteiger partial charge on any atom is -0.494 e. The van der Waals surface area contributed by atoms with Crippen LogP contribution in [0.4, 0.5) is 0 Å². The number of benzene rings is 1. The maximum atomic E-state index is 11.7. The van der Waals surface area contributed by atoms with E-state index >= 15 is 0 Å². The maximum Gasteiger partial charge on any atom is 0.251 e. The Hall–Kier alpha value is -1.48. The summed E-state index contributed by atoms with van der Waals surface area (Å²) in [6.07, 6.45) is 3.61. The molecule has 0 aliphatic heterocycles. The van der Waals surface area contributed by atoms with E-state index in [1.54, 1.807) is 30.3 Å². The molecule has 92 valence electrons. The monoisotopic (exact) mass is 253 g/mol. The van der Waals surface area contributed by atoms with Gasteiger partial charge in [-0.1, -0.05) is 12.2 Å². The molecule has 4 heteroatoms. The van der Waals surface area contributed by atoms with Gasteiger partial charge in [0, 0.05) is 18.0 Å². The number of ether oxygens (including phenoxy) is 1. The van der Waals surface area contributed by atoms with Gasteiger partial charge < -0.3 is 10.1 Å². The number of hydrogen-bond acceptors (Lipinski definition) is 2. The molecule has 0 atom stereocenters. The Morgan fingerprint density at radius 3 is 2.65 bits per heavy atom. The fourth-order valence-electron chi connectivity index (χ4n) is 1.27. The predicted octanol–water partition coefficient (Wildman–Crippen LogP) is 2.61. The summed E-state index contributed by atoms with van der Waals surface area (Å²) in [6, 6.07) is 7.05. The first-order chi connectivity index (χ1) is 8.27. The number of rotatable bonds is 6. The van der Waals surface area contributed by atoms with Crippen LogP contribution in [0.2, 0.25) is 0 Å². The first-order valence-corrected chi connectivity index (χ1v) is 6.03. The van der Waals surface area contributed by atoms with E-state index < -0.39 is 0 Å². The Morgan fingerprint density at radius 2 is 2.06 bits per heavy atom. The normalized spacial score (nSPS) is 10.5. The van der Waals surface area contributed by atoms with Gasteiger partial charge in [-0.15, -0.1) is 11.6 Å². The topological polar surface area (TPSA) is 38.3 Å². The largest absolute Gasteiger partial charge is 0.494 e. The van der Waals surface area contributed by atoms with Crippen molar-refractivity contribution >= 4 is 17.5 Å². The summed E-state index contributed by atoms with van der Waals surface area (Å²) in [5, 5.41) is 2.76. The fraction of sp³-hybridized carbons (Fsp3) is 0.308. The number of amides is 1. The molecule has 0 bridgehead atoms. The first-order valence-electron chi connectivity index (χ1n) is 5.50. The van der Waals surface area contributed by atoms with Crippen molar-refractivity contribution in [2.45, 2.75) is 6.92 Å². The third kappa shape index (κ3) is 4.91. The van der Waals surface area contributed by atoms with Crippen LogP contribution in [0.1, 0.15) is 17.3 Å². The van der Waals surface area contributed by atoms with Gasteiger partial charge in [-0.25, -0.2) is 0 Å². The second-order valence-corrected chi connectivity index (χ2v) is 3.60. The summed E-state index contributed by atoms with van der Waals surface area (Å²) in [4.78, 5) is 11.7. The number of halogens is 1. The lowest BCUT2D eigenvalue weighted by Gasteiger charge is -2.05. The van der Waals surface area contributed by atoms with E-state index in [0.717, 1.165) is 5.75 Å². The van der Waals surface area contributed by atoms with E-state index in [9.17, 15) is 4.79 Å². The maximum absolute atomic E-state index is 11.7. The van der Waals surface area contributed by atoms with Crippen LogP contribution >= 0.6 is 11.6 Å². The van der Waals surface area contributed by atoms with Crippen molar-refractivity contribution in [1.82, 2.24) is 5.32 Å². The van der Waals surface area contributed by atoms with E-state index in [1.807, 2.05) is 13.0 Å². The highest BCUT2D eigenvalue weighted by Crippen LogP contribution is 2.11. The van der Waals surface area contributed by atoms with Crippen LogP contribution in [0, 0.1) is 0 Å². The molecule has 0 spiro atoms. The lowest BCUT2D eigenvalue weighted by molar-refractivity contribution is 0.0958. The highest BCUT2D eigenvalue weighted by Gasteiger charge is 2.03. The number of carbonyl (C=O) groups is 1. The van der Waals surface area contributed by atoms with Gasteiger partial charge in [0.05, 0.1) is 6.61 Å². The van der Waals surface area contributed by atoms with Crippen molar-refractivity contribution in [2.24, 2.45) is 0 Å². The van der Waals surface area contributed by atoms with Crippen molar-refractivity contribution in [2.75, 3.05) is 19.0 Å². The summed E-state index contributed by atoms with van der Waals surface area (Å²) in [5.74, 6) is 1.12. The number of allylic oxidation sites excluding steroid dienone is 1. The van der Waals surface area contributed by atoms with Gasteiger partial charge in [0.2, 0.25) is 0 Å². The van der Waals surface area contributed by atoms with Gasteiger partial charge in [0.15, 0.2) is 0 Å². The summed E-state index contributed by atoms with van der Waals surface area (Å²) in [5.41, 5.74) is 0.618. The molecular weight excluding hydrogens is 238 g/mol. The van der Waals surface area contributed by atoms with Crippen LogP contribution in [-0.4, -0.2) is 24.9 Å². The molecule has 0 aliphatic rings. The van der Waals surface area contributed by atoms with Crippen LogP contribution in [0.3, 0.4) is 0 Å². The van der Waals surface area contributed by atoms with Crippen molar-refractivity contribution < 1.29 is 9.53 Å². The van der Waals surface area contributed by atoms with E-state index in [4.69, 9.17) is 16.3 Å². The van der Waals surface area contributed by atoms with Crippen molar-refractivity contribution in [3.63, 3.8) is 0 Å². The van der Waals surface area contributed by atoms with E-state index in [2.05, 4.69) is 5.32 Å². The molecule has 1 amide bonds. The van der Waals surface area contributed by atoms with Crippen LogP contribution in [-0.2, 0) is 0 Å². The average Bonchev–Trinajstić information content (AvgIpc) is 2.36. The molecule has 1 rings (SSSR count). The van der Waals surface area contributed by atoms with Gasteiger partial charge in [-0.05, 0) is 31.2 Å². The minimum absolute atomic E-state index is 0.104. The van der Waals surface area contributed by atoms with E-state index in [-0.39, 0.29) is 5.91 Å². The Morgan fingerprint density at radius 1 is 1.35 bits per heavy atom. The fourth-order valence-corrected chi connectivity index (χ4v) is 1.40. The molecule has 1 aromatic rings. The highest BCUT2D eigenvalue weighted by molar-refractivity contribution is 6.18. The summed E-state index contributed by atoms with van der Waals surface area (Å²) >= 11 is 5.47. The molecule has 0 unspecified atom stereocenters. The second-order valence-electron chi connectivity index (χ2n) is 3.29. The number of hydrogen-bond donors (Lipinski definition) is 1. The summed E-state index contributed by atoms with van der Waals surface area (Å²) < 4.78 is 5.30. The minimum atomic E-state index is -0.104. The standard InChI is InChI=1S/C13H16ClNO2/c1-2-17-12-7-5-11(6-8-12)13(16)15-10-4-3-9-14/h3-8H,2,9-10H2,1H3,(H,15,16)/b4-3+. The van der Waals surface area contributed by atoms with Crippen LogP contribution < -0.4 is 10.1 Å². The molecule has 3 nitrogen and oxygen atoms in total. The SMILES string of the molecule is CCOc1ccc(C(=O)NC/C=C/CCl)cc1. The molecule has 1 aromatic carbocycles. The van der Waals surface area contributed by atoms with Gasteiger partial charge in [-0.3, -0.25) is 4.79 Å². The lowest BCUT2D eigenvalue weighted by Crippen LogP contribution is -2.23. The number of carbonyl (C=O) groups excluding carboxylic acids is 1. The Bertz CT molecular complexity index is 374. The van der Waals surface area contributed by atoms with Crippen molar-refractivity contribution in [3.05, 3.63) is 42.0 Å². The van der Waals surface area contributed by atoms with Crippen molar-refractivity contribution in [1.29, 1.82) is 0 Å². The van der Waals surface area contributed by atoms with Crippen molar-refractivity contribution in [3.8, 4) is 5.75 Å². The van der Waals surface area contributed by atoms with E-state index in [1.165, 1.54) is 0 Å². The zero-order chi connectivity index (χ0) is 12.5. The average molecular weight is 254 g/mol. The molecule has 0 fully saturated rings. The molecule has 0 aromatic heterocycles. The molecule has 0 saturated carbocycles. The third-order valence-electron chi connectivity index (χ3n) is 2.06. The first kappa shape index (κ1) is 13.6. The molecule has 17 heavy (non-hydrogen) atoms. The predicted molar refractivity (Wildman–Crippen MR) is 69.8 cm³/mol. The molecular formula is C13H16ClNO2. The molecule has 0 heterocycles. The highest BCUT2D eigenvalue weighted by atomic mass is 35.5. The van der Waals surface area contributed by atoms with Crippen LogP contribution in [0.15, 0.2) is 36.4 Å². The molecule has 0 saturated heterocycles. The Balaban J connectivity index is 2.48. The van der Waals surface area contributed by atoms with Crippen LogP contribution in [0.25, 0.3) is 0 Å². The Kier molecular flexibility index (Phi) is 6.18. The lowest BCUT2D eigenvalue weighted by atomic mass is 10.2. The Labute approximate surface area is 106 Å². The van der Waals surface area contributed by atoms with Gasteiger partial charge >= 0.3 is 0 Å². The van der Waals surface area contributed by atoms with Gasteiger partial charge in [0.1, 0.15) is 5.75 Å². The summed E-state index contributed by atoms with van der Waals surface area (Å²) in [7, 11) is 0. The number of nitrogens with one attached hydrogen (secondary N) is 1. The van der Waals surface area contributed by atoms with Gasteiger partial charge in [-0.2, -0.15) is 0 Å². The van der Waals surface area contributed by atoms with Crippen LogP contribution in [0.5, 0.6) is 5.75 Å².